The number of rotatable bonds is 7. The second-order valence-electron chi connectivity index (χ2n) is 5.69. The Morgan fingerprint density at radius 2 is 1.96 bits per heavy atom. The van der Waals surface area contributed by atoms with E-state index in [1.165, 1.54) is 17.3 Å². The van der Waals surface area contributed by atoms with Crippen LogP contribution in [0.4, 0.5) is 0 Å². The summed E-state index contributed by atoms with van der Waals surface area (Å²) in [6.07, 6.45) is 2.94. The van der Waals surface area contributed by atoms with Crippen LogP contribution in [0.15, 0.2) is 67.3 Å². The predicted molar refractivity (Wildman–Crippen MR) is 93.8 cm³/mol. The van der Waals surface area contributed by atoms with E-state index in [1.54, 1.807) is 6.92 Å². The maximum absolute atomic E-state index is 12.2. The van der Waals surface area contributed by atoms with E-state index in [2.05, 4.69) is 15.4 Å². The van der Waals surface area contributed by atoms with Gasteiger partial charge >= 0.3 is 0 Å². The highest BCUT2D eigenvalue weighted by molar-refractivity contribution is 5.79. The van der Waals surface area contributed by atoms with Gasteiger partial charge in [0.25, 0.3) is 0 Å². The summed E-state index contributed by atoms with van der Waals surface area (Å²) >= 11 is 0. The van der Waals surface area contributed by atoms with Gasteiger partial charge < -0.3 is 10.1 Å². The maximum atomic E-state index is 12.2. The largest absolute Gasteiger partial charge is 0.489 e. The average Bonchev–Trinajstić information content (AvgIpc) is 3.20. The molecular weight excluding hydrogens is 316 g/mol. The zero-order valence-corrected chi connectivity index (χ0v) is 14.0. The van der Waals surface area contributed by atoms with Crippen LogP contribution in [-0.2, 0) is 17.9 Å². The van der Waals surface area contributed by atoms with Crippen LogP contribution in [0.25, 0.3) is 0 Å². The summed E-state index contributed by atoms with van der Waals surface area (Å²) in [7, 11) is 0. The monoisotopic (exact) mass is 336 g/mol. The first-order valence-corrected chi connectivity index (χ1v) is 8.10. The molecule has 3 aromatic rings. The van der Waals surface area contributed by atoms with Crippen LogP contribution in [0, 0.1) is 0 Å². The molecule has 1 N–H and O–H groups in total. The van der Waals surface area contributed by atoms with Gasteiger partial charge in [0, 0.05) is 6.54 Å². The summed E-state index contributed by atoms with van der Waals surface area (Å²) in [6.45, 7) is 2.73. The third-order valence-corrected chi connectivity index (χ3v) is 3.83. The van der Waals surface area contributed by atoms with Crippen LogP contribution < -0.4 is 10.1 Å². The van der Waals surface area contributed by atoms with E-state index in [4.69, 9.17) is 4.74 Å². The van der Waals surface area contributed by atoms with E-state index >= 15 is 0 Å². The number of amides is 1. The molecule has 0 radical (unpaired) electrons. The highest BCUT2D eigenvalue weighted by atomic mass is 16.5. The smallest absolute Gasteiger partial charge is 0.244 e. The summed E-state index contributed by atoms with van der Waals surface area (Å²) in [5.41, 5.74) is 2.09. The van der Waals surface area contributed by atoms with Crippen LogP contribution in [0.5, 0.6) is 5.75 Å². The quantitative estimate of drug-likeness (QED) is 0.720. The summed E-state index contributed by atoms with van der Waals surface area (Å²) in [5.74, 6) is 0.668. The summed E-state index contributed by atoms with van der Waals surface area (Å²) in [6, 6.07) is 17.3. The van der Waals surface area contributed by atoms with Crippen molar-refractivity contribution in [1.82, 2.24) is 20.1 Å². The molecule has 1 heterocycles. The third kappa shape index (κ3) is 4.67. The van der Waals surface area contributed by atoms with E-state index in [0.717, 1.165) is 16.9 Å². The Bertz CT molecular complexity index is 803. The minimum atomic E-state index is -0.403. The molecule has 0 aliphatic heterocycles. The molecule has 128 valence electrons. The molecule has 1 atom stereocenters. The van der Waals surface area contributed by atoms with Crippen LogP contribution >= 0.6 is 0 Å². The Labute approximate surface area is 146 Å². The standard InChI is InChI=1S/C19H20N4O2/c1-15(23-14-20-13-22-23)19(24)21-11-17-8-5-9-18(10-17)25-12-16-6-3-2-4-7-16/h2-10,13-15H,11-12H2,1H3,(H,21,24)/t15-/m0/s1. The van der Waals surface area contributed by atoms with Crippen molar-refractivity contribution in [2.75, 3.05) is 0 Å². The Morgan fingerprint density at radius 3 is 2.72 bits per heavy atom. The maximum Gasteiger partial charge on any atom is 0.244 e. The minimum absolute atomic E-state index is 0.110. The lowest BCUT2D eigenvalue weighted by Gasteiger charge is -2.13. The molecule has 0 fully saturated rings. The van der Waals surface area contributed by atoms with Crippen molar-refractivity contribution < 1.29 is 9.53 Å². The third-order valence-electron chi connectivity index (χ3n) is 3.83. The molecule has 1 amide bonds. The summed E-state index contributed by atoms with van der Waals surface area (Å²) in [5, 5.41) is 6.89. The van der Waals surface area contributed by atoms with Gasteiger partial charge in [-0.15, -0.1) is 0 Å². The molecular formula is C19H20N4O2. The Hall–Kier alpha value is -3.15. The number of benzene rings is 2. The first kappa shape index (κ1) is 16.7. The number of aromatic nitrogens is 3. The van der Waals surface area contributed by atoms with Gasteiger partial charge in [0.05, 0.1) is 0 Å². The molecule has 0 aliphatic carbocycles. The molecule has 6 heteroatoms. The fourth-order valence-electron chi connectivity index (χ4n) is 2.36. The van der Waals surface area contributed by atoms with E-state index in [1.807, 2.05) is 54.6 Å². The molecule has 0 spiro atoms. The van der Waals surface area contributed by atoms with Crippen molar-refractivity contribution in [1.29, 1.82) is 0 Å². The van der Waals surface area contributed by atoms with Gasteiger partial charge in [0.1, 0.15) is 31.1 Å². The number of carbonyl (C=O) groups is 1. The lowest BCUT2D eigenvalue weighted by atomic mass is 10.2. The normalized spacial score (nSPS) is 11.7. The van der Waals surface area contributed by atoms with Gasteiger partial charge in [-0.05, 0) is 30.2 Å². The van der Waals surface area contributed by atoms with Crippen LogP contribution in [-0.4, -0.2) is 20.7 Å². The fraction of sp³-hybridized carbons (Fsp3) is 0.211. The number of nitrogens with one attached hydrogen (secondary N) is 1. The Kier molecular flexibility index (Phi) is 5.41. The van der Waals surface area contributed by atoms with Crippen LogP contribution in [0.1, 0.15) is 24.1 Å². The van der Waals surface area contributed by atoms with Gasteiger partial charge in [0.2, 0.25) is 5.91 Å². The highest BCUT2D eigenvalue weighted by Gasteiger charge is 2.14. The molecule has 25 heavy (non-hydrogen) atoms. The van der Waals surface area contributed by atoms with E-state index < -0.39 is 6.04 Å². The van der Waals surface area contributed by atoms with Crippen molar-refractivity contribution in [3.63, 3.8) is 0 Å². The van der Waals surface area contributed by atoms with Gasteiger partial charge in [0.15, 0.2) is 0 Å². The Morgan fingerprint density at radius 1 is 1.16 bits per heavy atom. The number of carbonyl (C=O) groups excluding carboxylic acids is 1. The van der Waals surface area contributed by atoms with Crippen molar-refractivity contribution in [2.24, 2.45) is 0 Å². The van der Waals surface area contributed by atoms with Crippen molar-refractivity contribution in [3.05, 3.63) is 78.4 Å². The van der Waals surface area contributed by atoms with Crippen molar-refractivity contribution in [2.45, 2.75) is 26.1 Å². The Balaban J connectivity index is 1.54. The van der Waals surface area contributed by atoms with E-state index in [9.17, 15) is 4.79 Å². The SMILES string of the molecule is C[C@@H](C(=O)NCc1cccc(OCc2ccccc2)c1)n1cncn1. The van der Waals surface area contributed by atoms with Gasteiger partial charge in [-0.3, -0.25) is 4.79 Å². The number of ether oxygens (including phenoxy) is 1. The van der Waals surface area contributed by atoms with Gasteiger partial charge in [-0.25, -0.2) is 9.67 Å². The molecule has 2 aromatic carbocycles. The molecule has 0 saturated carbocycles. The van der Waals surface area contributed by atoms with Gasteiger partial charge in [-0.2, -0.15) is 5.10 Å². The highest BCUT2D eigenvalue weighted by Crippen LogP contribution is 2.15. The van der Waals surface area contributed by atoms with Crippen molar-refractivity contribution in [3.8, 4) is 5.75 Å². The van der Waals surface area contributed by atoms with E-state index in [-0.39, 0.29) is 5.91 Å². The molecule has 3 rings (SSSR count). The molecule has 0 unspecified atom stereocenters. The minimum Gasteiger partial charge on any atom is -0.489 e. The zero-order chi connectivity index (χ0) is 17.5. The molecule has 0 bridgehead atoms. The first-order chi connectivity index (χ1) is 12.2. The van der Waals surface area contributed by atoms with Crippen LogP contribution in [0.3, 0.4) is 0 Å². The second kappa shape index (κ2) is 8.10. The molecule has 0 aliphatic rings. The molecule has 6 nitrogen and oxygen atoms in total. The number of hydrogen-bond donors (Lipinski definition) is 1. The van der Waals surface area contributed by atoms with E-state index in [0.29, 0.717) is 13.2 Å². The number of hydrogen-bond acceptors (Lipinski definition) is 4. The predicted octanol–water partition coefficient (Wildman–Crippen LogP) is 2.73. The lowest BCUT2D eigenvalue weighted by molar-refractivity contribution is -0.124. The lowest BCUT2D eigenvalue weighted by Crippen LogP contribution is -2.30. The average molecular weight is 336 g/mol. The number of nitrogens with zero attached hydrogens (tertiary/aromatic N) is 3. The molecule has 0 saturated heterocycles. The topological polar surface area (TPSA) is 69.0 Å². The zero-order valence-electron chi connectivity index (χ0n) is 14.0. The summed E-state index contributed by atoms with van der Waals surface area (Å²) < 4.78 is 7.33. The first-order valence-electron chi connectivity index (χ1n) is 8.10. The van der Waals surface area contributed by atoms with Crippen LogP contribution in [0.2, 0.25) is 0 Å². The fourth-order valence-corrected chi connectivity index (χ4v) is 2.36. The van der Waals surface area contributed by atoms with Crippen molar-refractivity contribution >= 4 is 5.91 Å². The summed E-state index contributed by atoms with van der Waals surface area (Å²) in [4.78, 5) is 16.0. The van der Waals surface area contributed by atoms with Gasteiger partial charge in [-0.1, -0.05) is 42.5 Å². The molecule has 1 aromatic heterocycles. The second-order valence-corrected chi connectivity index (χ2v) is 5.69.